The highest BCUT2D eigenvalue weighted by Crippen LogP contribution is 2.30. The maximum atomic E-state index is 13.5. The van der Waals surface area contributed by atoms with Gasteiger partial charge < -0.3 is 9.73 Å². The Labute approximate surface area is 95.6 Å². The molecule has 0 atom stereocenters. The number of aryl methyl sites for hydroxylation is 1. The molecule has 0 bridgehead atoms. The van der Waals surface area contributed by atoms with Gasteiger partial charge in [-0.25, -0.2) is 4.39 Å². The molecule has 0 radical (unpaired) electrons. The third kappa shape index (κ3) is 1.79. The topological polar surface area (TPSA) is 25.2 Å². The van der Waals surface area contributed by atoms with Gasteiger partial charge in [0, 0.05) is 9.86 Å². The fourth-order valence-electron chi connectivity index (χ4n) is 1.62. The molecule has 0 spiro atoms. The molecule has 2 rings (SSSR count). The van der Waals surface area contributed by atoms with Crippen LogP contribution in [0.25, 0.3) is 11.0 Å². The highest BCUT2D eigenvalue weighted by Gasteiger charge is 2.13. The first-order chi connectivity index (χ1) is 7.13. The minimum absolute atomic E-state index is 0.329. The second-order valence-corrected chi connectivity index (χ2v) is 4.36. The van der Waals surface area contributed by atoms with Crippen molar-refractivity contribution in [1.29, 1.82) is 0 Å². The number of benzene rings is 1. The van der Waals surface area contributed by atoms with E-state index >= 15 is 0 Å². The van der Waals surface area contributed by atoms with Gasteiger partial charge in [0.15, 0.2) is 11.4 Å². The number of nitrogens with one attached hydrogen (secondary N) is 1. The summed E-state index contributed by atoms with van der Waals surface area (Å²) in [5.41, 5.74) is 1.32. The van der Waals surface area contributed by atoms with Crippen LogP contribution >= 0.6 is 15.9 Å². The fourth-order valence-corrected chi connectivity index (χ4v) is 2.05. The van der Waals surface area contributed by atoms with E-state index in [1.54, 1.807) is 0 Å². The van der Waals surface area contributed by atoms with Crippen LogP contribution in [0.5, 0.6) is 0 Å². The van der Waals surface area contributed by atoms with E-state index in [1.165, 1.54) is 6.07 Å². The van der Waals surface area contributed by atoms with Crippen LogP contribution in [0.3, 0.4) is 0 Å². The lowest BCUT2D eigenvalue weighted by Gasteiger charge is -1.94. The number of fused-ring (bicyclic) bond motifs is 1. The Bertz CT molecular complexity index is 507. The Kier molecular flexibility index (Phi) is 2.80. The van der Waals surface area contributed by atoms with Crippen LogP contribution in [-0.4, -0.2) is 7.05 Å². The molecule has 0 fully saturated rings. The summed E-state index contributed by atoms with van der Waals surface area (Å²) < 4.78 is 19.7. The zero-order chi connectivity index (χ0) is 11.0. The third-order valence-corrected chi connectivity index (χ3v) is 2.85. The molecule has 2 aromatic rings. The molecule has 0 amide bonds. The van der Waals surface area contributed by atoms with E-state index in [4.69, 9.17) is 4.42 Å². The largest absolute Gasteiger partial charge is 0.456 e. The van der Waals surface area contributed by atoms with Crippen molar-refractivity contribution in [3.63, 3.8) is 0 Å². The Hall–Kier alpha value is -0.870. The first kappa shape index (κ1) is 10.6. The van der Waals surface area contributed by atoms with E-state index in [1.807, 2.05) is 20.0 Å². The summed E-state index contributed by atoms with van der Waals surface area (Å²) in [7, 11) is 1.83. The van der Waals surface area contributed by atoms with Crippen LogP contribution in [0, 0.1) is 12.7 Å². The van der Waals surface area contributed by atoms with E-state index in [2.05, 4.69) is 21.2 Å². The minimum atomic E-state index is -0.329. The van der Waals surface area contributed by atoms with Gasteiger partial charge in [0.2, 0.25) is 0 Å². The smallest absolute Gasteiger partial charge is 0.170 e. The lowest BCUT2D eigenvalue weighted by Crippen LogP contribution is -2.04. The Morgan fingerprint density at radius 1 is 1.47 bits per heavy atom. The van der Waals surface area contributed by atoms with E-state index in [-0.39, 0.29) is 5.82 Å². The van der Waals surface area contributed by atoms with Gasteiger partial charge >= 0.3 is 0 Å². The van der Waals surface area contributed by atoms with Gasteiger partial charge in [-0.15, -0.1) is 0 Å². The molecule has 1 aromatic carbocycles. The molecule has 1 heterocycles. The van der Waals surface area contributed by atoms with Crippen molar-refractivity contribution in [2.45, 2.75) is 13.5 Å². The predicted molar refractivity (Wildman–Crippen MR) is 61.4 cm³/mol. The summed E-state index contributed by atoms with van der Waals surface area (Å²) in [5, 5.41) is 3.82. The average Bonchev–Trinajstić information content (AvgIpc) is 2.47. The zero-order valence-corrected chi connectivity index (χ0v) is 10.1. The molecule has 0 aliphatic rings. The van der Waals surface area contributed by atoms with Crippen molar-refractivity contribution in [2.24, 2.45) is 0 Å². The minimum Gasteiger partial charge on any atom is -0.456 e. The van der Waals surface area contributed by atoms with Crippen molar-refractivity contribution in [3.8, 4) is 0 Å². The molecule has 4 heteroatoms. The van der Waals surface area contributed by atoms with Gasteiger partial charge in [-0.1, -0.05) is 15.9 Å². The number of rotatable bonds is 2. The summed E-state index contributed by atoms with van der Waals surface area (Å²) in [6.07, 6.45) is 0. The number of halogens is 2. The highest BCUT2D eigenvalue weighted by molar-refractivity contribution is 9.10. The number of hydrogen-bond donors (Lipinski definition) is 1. The van der Waals surface area contributed by atoms with Crippen molar-refractivity contribution in [1.82, 2.24) is 5.32 Å². The van der Waals surface area contributed by atoms with Crippen LogP contribution in [0.4, 0.5) is 4.39 Å². The van der Waals surface area contributed by atoms with Crippen molar-refractivity contribution >= 4 is 26.9 Å². The van der Waals surface area contributed by atoms with E-state index in [0.29, 0.717) is 12.1 Å². The first-order valence-electron chi connectivity index (χ1n) is 4.65. The highest BCUT2D eigenvalue weighted by atomic mass is 79.9. The molecule has 80 valence electrons. The average molecular weight is 272 g/mol. The molecule has 15 heavy (non-hydrogen) atoms. The summed E-state index contributed by atoms with van der Waals surface area (Å²) in [5.74, 6) is 0.453. The van der Waals surface area contributed by atoms with Crippen molar-refractivity contribution < 1.29 is 8.81 Å². The van der Waals surface area contributed by atoms with Crippen LogP contribution in [-0.2, 0) is 6.54 Å². The molecular formula is C11H11BrFNO. The second-order valence-electron chi connectivity index (χ2n) is 3.44. The third-order valence-electron chi connectivity index (χ3n) is 2.39. The summed E-state index contributed by atoms with van der Waals surface area (Å²) in [4.78, 5) is 0. The summed E-state index contributed by atoms with van der Waals surface area (Å²) in [6.45, 7) is 2.54. The molecule has 0 aliphatic carbocycles. The first-order valence-corrected chi connectivity index (χ1v) is 5.44. The number of hydrogen-bond acceptors (Lipinski definition) is 2. The fraction of sp³-hybridized carbons (Fsp3) is 0.273. The molecule has 0 saturated heterocycles. The Balaban J connectivity index is 2.70. The summed E-state index contributed by atoms with van der Waals surface area (Å²) in [6, 6.07) is 3.28. The standard InChI is InChI=1S/C11H11BrFNO/c1-6-8-3-7(12)4-9(13)11(8)15-10(6)5-14-2/h3-4,14H,5H2,1-2H3. The molecule has 2 nitrogen and oxygen atoms in total. The van der Waals surface area contributed by atoms with E-state index in [0.717, 1.165) is 21.2 Å². The Morgan fingerprint density at radius 3 is 2.87 bits per heavy atom. The molecular weight excluding hydrogens is 261 g/mol. The maximum absolute atomic E-state index is 13.5. The monoisotopic (exact) mass is 271 g/mol. The predicted octanol–water partition coefficient (Wildman–Crippen LogP) is 3.36. The van der Waals surface area contributed by atoms with Crippen LogP contribution in [0.1, 0.15) is 11.3 Å². The van der Waals surface area contributed by atoms with Gasteiger partial charge in [-0.05, 0) is 31.7 Å². The maximum Gasteiger partial charge on any atom is 0.170 e. The van der Waals surface area contributed by atoms with E-state index < -0.39 is 0 Å². The quantitative estimate of drug-likeness (QED) is 0.906. The lowest BCUT2D eigenvalue weighted by atomic mass is 10.1. The molecule has 0 saturated carbocycles. The second kappa shape index (κ2) is 3.94. The van der Waals surface area contributed by atoms with Crippen molar-refractivity contribution in [3.05, 3.63) is 33.7 Å². The normalized spacial score (nSPS) is 11.2. The molecule has 1 aromatic heterocycles. The molecule has 1 N–H and O–H groups in total. The van der Waals surface area contributed by atoms with Crippen LogP contribution < -0.4 is 5.32 Å². The van der Waals surface area contributed by atoms with Crippen LogP contribution in [0.2, 0.25) is 0 Å². The SMILES string of the molecule is CNCc1oc2c(F)cc(Br)cc2c1C. The molecule has 0 unspecified atom stereocenters. The summed E-state index contributed by atoms with van der Waals surface area (Å²) >= 11 is 3.27. The van der Waals surface area contributed by atoms with Crippen molar-refractivity contribution in [2.75, 3.05) is 7.05 Å². The van der Waals surface area contributed by atoms with Gasteiger partial charge in [-0.3, -0.25) is 0 Å². The van der Waals surface area contributed by atoms with Gasteiger partial charge in [0.1, 0.15) is 5.76 Å². The zero-order valence-electron chi connectivity index (χ0n) is 8.53. The van der Waals surface area contributed by atoms with Gasteiger partial charge in [0.05, 0.1) is 6.54 Å². The van der Waals surface area contributed by atoms with E-state index in [9.17, 15) is 4.39 Å². The number of furan rings is 1. The van der Waals surface area contributed by atoms with Gasteiger partial charge in [0.25, 0.3) is 0 Å². The lowest BCUT2D eigenvalue weighted by molar-refractivity contribution is 0.504. The Morgan fingerprint density at radius 2 is 2.20 bits per heavy atom. The van der Waals surface area contributed by atoms with Crippen LogP contribution in [0.15, 0.2) is 21.0 Å². The molecule has 0 aliphatic heterocycles. The van der Waals surface area contributed by atoms with Gasteiger partial charge in [-0.2, -0.15) is 0 Å².